The molecule has 1 aliphatic rings. The predicted molar refractivity (Wildman–Crippen MR) is 87.3 cm³/mol. The average Bonchev–Trinajstić information content (AvgIpc) is 2.79. The second kappa shape index (κ2) is 6.86. The van der Waals surface area contributed by atoms with Crippen LogP contribution >= 0.6 is 11.6 Å². The summed E-state index contributed by atoms with van der Waals surface area (Å²) in [5.41, 5.74) is 0. The molecule has 0 unspecified atom stereocenters. The fraction of sp³-hybridized carbons (Fsp3) is 0.571. The summed E-state index contributed by atoms with van der Waals surface area (Å²) >= 11 is 5.80. The van der Waals surface area contributed by atoms with Gasteiger partial charge in [-0.15, -0.1) is 0 Å². The Morgan fingerprint density at radius 1 is 1.27 bits per heavy atom. The van der Waals surface area contributed by atoms with E-state index in [0.29, 0.717) is 24.4 Å². The zero-order valence-electron chi connectivity index (χ0n) is 12.4. The number of sulfonamides is 1. The third kappa shape index (κ3) is 4.01. The van der Waals surface area contributed by atoms with E-state index in [1.807, 2.05) is 6.92 Å². The Labute approximate surface area is 137 Å². The van der Waals surface area contributed by atoms with Crippen molar-refractivity contribution in [2.75, 3.05) is 18.1 Å². The zero-order chi connectivity index (χ0) is 16.4. The molecule has 8 heteroatoms. The maximum Gasteiger partial charge on any atom is 0.243 e. The van der Waals surface area contributed by atoms with Crippen molar-refractivity contribution in [1.82, 2.24) is 4.31 Å². The molecule has 2 rings (SSSR count). The van der Waals surface area contributed by atoms with E-state index in [-0.39, 0.29) is 16.4 Å². The van der Waals surface area contributed by atoms with Crippen molar-refractivity contribution >= 4 is 31.5 Å². The molecular formula is C14H20ClNO4S2. The van der Waals surface area contributed by atoms with E-state index in [4.69, 9.17) is 11.6 Å². The summed E-state index contributed by atoms with van der Waals surface area (Å²) in [4.78, 5) is 0.150. The monoisotopic (exact) mass is 365 g/mol. The highest BCUT2D eigenvalue weighted by molar-refractivity contribution is 7.92. The first-order valence-electron chi connectivity index (χ1n) is 7.24. The molecule has 1 aliphatic heterocycles. The van der Waals surface area contributed by atoms with Crippen LogP contribution in [0, 0.1) is 0 Å². The van der Waals surface area contributed by atoms with Gasteiger partial charge in [0.05, 0.1) is 16.4 Å². The van der Waals surface area contributed by atoms with Gasteiger partial charge in [-0.2, -0.15) is 4.31 Å². The Balaban J connectivity index is 2.33. The highest BCUT2D eigenvalue weighted by atomic mass is 35.5. The highest BCUT2D eigenvalue weighted by Gasteiger charge is 2.38. The first-order valence-corrected chi connectivity index (χ1v) is 10.9. The highest BCUT2D eigenvalue weighted by Crippen LogP contribution is 2.26. The van der Waals surface area contributed by atoms with Crippen molar-refractivity contribution in [2.45, 2.75) is 37.1 Å². The van der Waals surface area contributed by atoms with Gasteiger partial charge in [-0.1, -0.05) is 24.9 Å². The van der Waals surface area contributed by atoms with Crippen LogP contribution in [0.1, 0.15) is 26.2 Å². The van der Waals surface area contributed by atoms with Gasteiger partial charge in [0.2, 0.25) is 10.0 Å². The number of hydrogen-bond donors (Lipinski definition) is 0. The third-order valence-electron chi connectivity index (χ3n) is 3.77. The minimum absolute atomic E-state index is 0.0520. The smallest absolute Gasteiger partial charge is 0.229 e. The zero-order valence-corrected chi connectivity index (χ0v) is 14.8. The summed E-state index contributed by atoms with van der Waals surface area (Å²) in [5.74, 6) is -0.0417. The minimum Gasteiger partial charge on any atom is -0.229 e. The molecule has 0 bridgehead atoms. The van der Waals surface area contributed by atoms with E-state index in [0.717, 1.165) is 6.42 Å². The Kier molecular flexibility index (Phi) is 5.53. The van der Waals surface area contributed by atoms with Crippen LogP contribution in [0.4, 0.5) is 0 Å². The van der Waals surface area contributed by atoms with Gasteiger partial charge in [-0.3, -0.25) is 0 Å². The molecule has 1 fully saturated rings. The average molecular weight is 366 g/mol. The molecule has 1 aromatic carbocycles. The van der Waals surface area contributed by atoms with Crippen LogP contribution in [-0.2, 0) is 19.9 Å². The molecule has 1 saturated heterocycles. The number of rotatable bonds is 6. The summed E-state index contributed by atoms with van der Waals surface area (Å²) in [6, 6.07) is 5.49. The van der Waals surface area contributed by atoms with E-state index in [1.54, 1.807) is 0 Å². The molecule has 0 spiro atoms. The fourth-order valence-corrected chi connectivity index (χ4v) is 6.20. The van der Waals surface area contributed by atoms with Crippen molar-refractivity contribution in [2.24, 2.45) is 0 Å². The van der Waals surface area contributed by atoms with Crippen LogP contribution in [0.5, 0.6) is 0 Å². The summed E-state index contributed by atoms with van der Waals surface area (Å²) in [7, 11) is -6.86. The molecule has 0 aliphatic carbocycles. The van der Waals surface area contributed by atoms with Gasteiger partial charge in [0.15, 0.2) is 9.84 Å². The molecule has 124 valence electrons. The maximum atomic E-state index is 12.8. The first-order chi connectivity index (χ1) is 10.3. The molecule has 1 aromatic rings. The predicted octanol–water partition coefficient (Wildman–Crippen LogP) is 2.32. The van der Waals surface area contributed by atoms with Gasteiger partial charge in [-0.25, -0.2) is 16.8 Å². The quantitative estimate of drug-likeness (QED) is 0.775. The summed E-state index contributed by atoms with van der Waals surface area (Å²) in [5, 5.41) is 0.461. The lowest BCUT2D eigenvalue weighted by Gasteiger charge is -2.27. The van der Waals surface area contributed by atoms with E-state index < -0.39 is 25.9 Å². The van der Waals surface area contributed by atoms with Crippen LogP contribution < -0.4 is 0 Å². The third-order valence-corrected chi connectivity index (χ3v) is 7.74. The van der Waals surface area contributed by atoms with Crippen molar-refractivity contribution in [3.8, 4) is 0 Å². The lowest BCUT2D eigenvalue weighted by molar-refractivity contribution is 0.335. The van der Waals surface area contributed by atoms with E-state index in [9.17, 15) is 16.8 Å². The number of hydrogen-bond acceptors (Lipinski definition) is 4. The molecule has 0 saturated carbocycles. The summed E-state index contributed by atoms with van der Waals surface area (Å²) in [6.07, 6.45) is 1.90. The van der Waals surface area contributed by atoms with Crippen molar-refractivity contribution in [3.05, 3.63) is 29.3 Å². The normalized spacial score (nSPS) is 21.3. The van der Waals surface area contributed by atoms with Crippen LogP contribution in [0.2, 0.25) is 5.02 Å². The van der Waals surface area contributed by atoms with Gasteiger partial charge in [0.25, 0.3) is 0 Å². The Morgan fingerprint density at radius 3 is 2.41 bits per heavy atom. The van der Waals surface area contributed by atoms with E-state index in [2.05, 4.69) is 0 Å². The largest absolute Gasteiger partial charge is 0.243 e. The van der Waals surface area contributed by atoms with Crippen LogP contribution in [0.25, 0.3) is 0 Å². The van der Waals surface area contributed by atoms with Gasteiger partial charge in [0.1, 0.15) is 0 Å². The number of sulfone groups is 1. The molecule has 0 radical (unpaired) electrons. The molecular weight excluding hydrogens is 346 g/mol. The second-order valence-corrected chi connectivity index (χ2v) is 10.0. The molecule has 0 aromatic heterocycles. The van der Waals surface area contributed by atoms with Crippen LogP contribution in [0.15, 0.2) is 29.2 Å². The van der Waals surface area contributed by atoms with E-state index in [1.165, 1.54) is 28.6 Å². The minimum atomic E-state index is -3.71. The van der Waals surface area contributed by atoms with Gasteiger partial charge < -0.3 is 0 Å². The molecule has 1 heterocycles. The van der Waals surface area contributed by atoms with Gasteiger partial charge in [0, 0.05) is 17.6 Å². The number of unbranched alkanes of at least 4 members (excludes halogenated alkanes) is 1. The molecule has 22 heavy (non-hydrogen) atoms. The first kappa shape index (κ1) is 17.7. The Hall–Kier alpha value is -0.630. The lowest BCUT2D eigenvalue weighted by atomic mass is 10.2. The molecule has 0 N–H and O–H groups in total. The van der Waals surface area contributed by atoms with Crippen molar-refractivity contribution in [1.29, 1.82) is 0 Å². The Bertz CT molecular complexity index is 714. The topological polar surface area (TPSA) is 71.5 Å². The van der Waals surface area contributed by atoms with Gasteiger partial charge >= 0.3 is 0 Å². The molecule has 0 amide bonds. The van der Waals surface area contributed by atoms with Crippen molar-refractivity contribution in [3.63, 3.8) is 0 Å². The molecule has 5 nitrogen and oxygen atoms in total. The standard InChI is InChI=1S/C14H20ClNO4S2/c1-2-3-9-16(13-8-10-21(17,18)11-13)22(19,20)14-6-4-12(15)5-7-14/h4-7,13H,2-3,8-11H2,1H3/t13-/m1/s1. The van der Waals surface area contributed by atoms with Crippen molar-refractivity contribution < 1.29 is 16.8 Å². The van der Waals surface area contributed by atoms with Crippen LogP contribution in [0.3, 0.4) is 0 Å². The summed E-state index contributed by atoms with van der Waals surface area (Å²) < 4.78 is 50.4. The summed E-state index contributed by atoms with van der Waals surface area (Å²) in [6.45, 7) is 2.31. The SMILES string of the molecule is CCCCN([C@@H]1CCS(=O)(=O)C1)S(=O)(=O)c1ccc(Cl)cc1. The fourth-order valence-electron chi connectivity index (χ4n) is 2.56. The molecule has 1 atom stereocenters. The lowest BCUT2D eigenvalue weighted by Crippen LogP contribution is -2.41. The van der Waals surface area contributed by atoms with E-state index >= 15 is 0 Å². The number of nitrogens with zero attached hydrogens (tertiary/aromatic N) is 1. The van der Waals surface area contributed by atoms with Gasteiger partial charge in [-0.05, 0) is 37.1 Å². The Morgan fingerprint density at radius 2 is 1.91 bits per heavy atom. The number of halogens is 1. The van der Waals surface area contributed by atoms with Crippen LogP contribution in [-0.4, -0.2) is 45.2 Å². The maximum absolute atomic E-state index is 12.8. The number of benzene rings is 1. The second-order valence-electron chi connectivity index (χ2n) is 5.48.